The van der Waals surface area contributed by atoms with E-state index in [4.69, 9.17) is 16.4 Å². The number of halogens is 2. The molecule has 0 bridgehead atoms. The van der Waals surface area contributed by atoms with Crippen LogP contribution < -0.4 is 10.8 Å². The average molecular weight is 429 g/mol. The standard InChI is InChI=1S/C23H26ClFN4O/c1-14(2)19-13-27-22(18-9-17(24)5-6-20(18)25)10-23(19)29-21-7-8-26-11-16(21)12-28-30-15(3)4/h5-11,13-15,28H,12H2,1-4H3,(H,26,27,29). The van der Waals surface area contributed by atoms with Crippen LogP contribution >= 0.6 is 11.6 Å². The first-order chi connectivity index (χ1) is 14.3. The zero-order valence-corrected chi connectivity index (χ0v) is 18.3. The van der Waals surface area contributed by atoms with Gasteiger partial charge in [0.05, 0.1) is 11.8 Å². The molecule has 0 aliphatic carbocycles. The minimum atomic E-state index is -0.366. The van der Waals surface area contributed by atoms with Gasteiger partial charge in [-0.25, -0.2) is 4.39 Å². The van der Waals surface area contributed by atoms with Crippen LogP contribution in [-0.2, 0) is 11.4 Å². The number of nitrogens with one attached hydrogen (secondary N) is 2. The third kappa shape index (κ3) is 5.53. The molecule has 2 aromatic heterocycles. The molecule has 0 fully saturated rings. The van der Waals surface area contributed by atoms with Gasteiger partial charge in [0, 0.05) is 52.7 Å². The first-order valence-electron chi connectivity index (χ1n) is 9.89. The maximum Gasteiger partial charge on any atom is 0.132 e. The number of nitrogens with zero attached hydrogens (tertiary/aromatic N) is 2. The Morgan fingerprint density at radius 2 is 1.87 bits per heavy atom. The van der Waals surface area contributed by atoms with E-state index in [0.29, 0.717) is 22.8 Å². The first kappa shape index (κ1) is 22.2. The second-order valence-corrected chi connectivity index (χ2v) is 8.02. The van der Waals surface area contributed by atoms with Gasteiger partial charge in [0.2, 0.25) is 0 Å². The zero-order valence-electron chi connectivity index (χ0n) is 17.5. The lowest BCUT2D eigenvalue weighted by atomic mass is 10.0. The predicted molar refractivity (Wildman–Crippen MR) is 119 cm³/mol. The normalized spacial score (nSPS) is 11.3. The van der Waals surface area contributed by atoms with E-state index < -0.39 is 0 Å². The number of aromatic nitrogens is 2. The van der Waals surface area contributed by atoms with E-state index in [1.807, 2.05) is 26.0 Å². The quantitative estimate of drug-likeness (QED) is 0.416. The van der Waals surface area contributed by atoms with Crippen LogP contribution in [-0.4, -0.2) is 16.1 Å². The molecule has 0 aliphatic rings. The van der Waals surface area contributed by atoms with Crippen LogP contribution in [0.15, 0.2) is 48.9 Å². The largest absolute Gasteiger partial charge is 0.355 e. The molecule has 7 heteroatoms. The Bertz CT molecular complexity index is 1010. The molecule has 2 heterocycles. The second kappa shape index (κ2) is 9.98. The molecule has 0 radical (unpaired) electrons. The molecule has 0 saturated heterocycles. The van der Waals surface area contributed by atoms with Gasteiger partial charge in [-0.1, -0.05) is 25.4 Å². The molecule has 2 N–H and O–H groups in total. The third-order valence-electron chi connectivity index (χ3n) is 4.52. The van der Waals surface area contributed by atoms with Crippen LogP contribution in [0.5, 0.6) is 0 Å². The van der Waals surface area contributed by atoms with Gasteiger partial charge >= 0.3 is 0 Å². The van der Waals surface area contributed by atoms with Crippen LogP contribution in [0.3, 0.4) is 0 Å². The number of benzene rings is 1. The highest BCUT2D eigenvalue weighted by Gasteiger charge is 2.14. The van der Waals surface area contributed by atoms with Crippen molar-refractivity contribution < 1.29 is 9.23 Å². The fourth-order valence-corrected chi connectivity index (χ4v) is 3.17. The summed E-state index contributed by atoms with van der Waals surface area (Å²) in [6.45, 7) is 8.59. The monoisotopic (exact) mass is 428 g/mol. The number of hydrogen-bond donors (Lipinski definition) is 2. The van der Waals surface area contributed by atoms with Crippen LogP contribution in [0.2, 0.25) is 5.02 Å². The van der Waals surface area contributed by atoms with Crippen molar-refractivity contribution in [3.05, 3.63) is 70.9 Å². The van der Waals surface area contributed by atoms with E-state index in [0.717, 1.165) is 22.5 Å². The molecular weight excluding hydrogens is 403 g/mol. The molecule has 3 rings (SSSR count). The summed E-state index contributed by atoms with van der Waals surface area (Å²) in [6.07, 6.45) is 5.36. The SMILES string of the molecule is CC(C)ONCc1cnccc1Nc1cc(-c2cc(Cl)ccc2F)ncc1C(C)C. The number of hydroxylamine groups is 1. The predicted octanol–water partition coefficient (Wildman–Crippen LogP) is 6.23. The Labute approximate surface area is 181 Å². The average Bonchev–Trinajstić information content (AvgIpc) is 2.70. The van der Waals surface area contributed by atoms with E-state index in [1.54, 1.807) is 24.7 Å². The highest BCUT2D eigenvalue weighted by molar-refractivity contribution is 6.30. The molecule has 5 nitrogen and oxygen atoms in total. The van der Waals surface area contributed by atoms with Crippen LogP contribution in [0, 0.1) is 5.82 Å². The fourth-order valence-electron chi connectivity index (χ4n) is 3.00. The van der Waals surface area contributed by atoms with Gasteiger partial charge in [0.1, 0.15) is 5.82 Å². The van der Waals surface area contributed by atoms with Crippen molar-refractivity contribution >= 4 is 23.0 Å². The van der Waals surface area contributed by atoms with Gasteiger partial charge in [-0.15, -0.1) is 0 Å². The van der Waals surface area contributed by atoms with Crippen LogP contribution in [0.25, 0.3) is 11.3 Å². The maximum absolute atomic E-state index is 14.4. The van der Waals surface area contributed by atoms with E-state index in [1.165, 1.54) is 12.1 Å². The van der Waals surface area contributed by atoms with Gasteiger partial charge in [-0.2, -0.15) is 5.48 Å². The Morgan fingerprint density at radius 3 is 2.60 bits per heavy atom. The van der Waals surface area contributed by atoms with Crippen molar-refractivity contribution in [3.8, 4) is 11.3 Å². The Morgan fingerprint density at radius 1 is 1.07 bits per heavy atom. The molecule has 30 heavy (non-hydrogen) atoms. The number of pyridine rings is 2. The summed E-state index contributed by atoms with van der Waals surface area (Å²) in [4.78, 5) is 14.1. The Hall–Kier alpha value is -2.54. The van der Waals surface area contributed by atoms with Crippen molar-refractivity contribution in [2.75, 3.05) is 5.32 Å². The van der Waals surface area contributed by atoms with E-state index in [-0.39, 0.29) is 17.8 Å². The Balaban J connectivity index is 1.96. The summed E-state index contributed by atoms with van der Waals surface area (Å²) < 4.78 is 14.4. The third-order valence-corrected chi connectivity index (χ3v) is 4.75. The topological polar surface area (TPSA) is 59.1 Å². The van der Waals surface area contributed by atoms with Crippen molar-refractivity contribution in [3.63, 3.8) is 0 Å². The summed E-state index contributed by atoms with van der Waals surface area (Å²) in [5.41, 5.74) is 7.54. The number of rotatable bonds is 8. The van der Waals surface area contributed by atoms with E-state index in [2.05, 4.69) is 34.6 Å². The van der Waals surface area contributed by atoms with E-state index >= 15 is 0 Å². The smallest absolute Gasteiger partial charge is 0.132 e. The van der Waals surface area contributed by atoms with Gasteiger partial charge in [0.25, 0.3) is 0 Å². The Kier molecular flexibility index (Phi) is 7.37. The second-order valence-electron chi connectivity index (χ2n) is 7.58. The lowest BCUT2D eigenvalue weighted by Crippen LogP contribution is -2.19. The molecular formula is C23H26ClFN4O. The summed E-state index contributed by atoms with van der Waals surface area (Å²) in [5, 5.41) is 3.94. The molecule has 0 atom stereocenters. The summed E-state index contributed by atoms with van der Waals surface area (Å²) in [5.74, 6) is -0.138. The zero-order chi connectivity index (χ0) is 21.7. The van der Waals surface area contributed by atoms with Gasteiger partial charge in [-0.05, 0) is 55.7 Å². The maximum atomic E-state index is 14.4. The molecule has 0 aliphatic heterocycles. The molecule has 0 amide bonds. The van der Waals surface area contributed by atoms with Gasteiger partial charge < -0.3 is 5.32 Å². The lowest BCUT2D eigenvalue weighted by Gasteiger charge is -2.18. The van der Waals surface area contributed by atoms with E-state index in [9.17, 15) is 4.39 Å². The molecule has 0 saturated carbocycles. The molecule has 3 aromatic rings. The van der Waals surface area contributed by atoms with Crippen molar-refractivity contribution in [1.82, 2.24) is 15.4 Å². The lowest BCUT2D eigenvalue weighted by molar-refractivity contribution is -0.00879. The molecule has 1 aromatic carbocycles. The highest BCUT2D eigenvalue weighted by Crippen LogP contribution is 2.33. The van der Waals surface area contributed by atoms with Crippen molar-refractivity contribution in [2.24, 2.45) is 0 Å². The summed E-state index contributed by atoms with van der Waals surface area (Å²) in [7, 11) is 0. The highest BCUT2D eigenvalue weighted by atomic mass is 35.5. The molecule has 0 spiro atoms. The van der Waals surface area contributed by atoms with Gasteiger partial charge in [-0.3, -0.25) is 14.8 Å². The number of hydrogen-bond acceptors (Lipinski definition) is 5. The van der Waals surface area contributed by atoms with Crippen molar-refractivity contribution in [1.29, 1.82) is 0 Å². The summed E-state index contributed by atoms with van der Waals surface area (Å²) in [6, 6.07) is 8.22. The minimum Gasteiger partial charge on any atom is -0.355 e. The van der Waals surface area contributed by atoms with Crippen molar-refractivity contribution in [2.45, 2.75) is 46.3 Å². The van der Waals surface area contributed by atoms with Gasteiger partial charge in [0.15, 0.2) is 0 Å². The van der Waals surface area contributed by atoms with Crippen LogP contribution in [0.4, 0.5) is 15.8 Å². The van der Waals surface area contributed by atoms with Crippen LogP contribution in [0.1, 0.15) is 44.7 Å². The molecule has 0 unspecified atom stereocenters. The fraction of sp³-hybridized carbons (Fsp3) is 0.304. The summed E-state index contributed by atoms with van der Waals surface area (Å²) >= 11 is 6.07. The first-order valence-corrected chi connectivity index (χ1v) is 10.3. The molecule has 158 valence electrons. The minimum absolute atomic E-state index is 0.0703. The number of anilines is 2.